The maximum Gasteiger partial charge on any atom is 0.238 e. The number of aliphatic hydroxyl groups excluding tert-OH is 1. The Kier molecular flexibility index (Phi) is 5.73. The average Bonchev–Trinajstić information content (AvgIpc) is 2.85. The van der Waals surface area contributed by atoms with Gasteiger partial charge in [0.15, 0.2) is 0 Å². The van der Waals surface area contributed by atoms with Crippen LogP contribution in [-0.2, 0) is 14.8 Å². The van der Waals surface area contributed by atoms with E-state index in [9.17, 15) is 18.3 Å². The molecule has 1 amide bonds. The van der Waals surface area contributed by atoms with Gasteiger partial charge in [-0.1, -0.05) is 13.8 Å². The molecular weight excluding hydrogens is 284 g/mol. The van der Waals surface area contributed by atoms with E-state index in [1.165, 1.54) is 6.26 Å². The second kappa shape index (κ2) is 6.87. The van der Waals surface area contributed by atoms with E-state index in [0.29, 0.717) is 5.76 Å². The number of carbonyl (C=O) groups excluding carboxylic acids is 1. The van der Waals surface area contributed by atoms with Crippen LogP contribution >= 0.6 is 0 Å². The van der Waals surface area contributed by atoms with E-state index in [0.717, 1.165) is 6.26 Å². The molecule has 8 heteroatoms. The van der Waals surface area contributed by atoms with Crippen molar-refractivity contribution in [3.63, 3.8) is 0 Å². The molecule has 7 nitrogen and oxygen atoms in total. The normalized spacial score (nSPS) is 15.1. The monoisotopic (exact) mass is 304 g/mol. The molecule has 0 saturated heterocycles. The fraction of sp³-hybridized carbons (Fsp3) is 0.583. The summed E-state index contributed by atoms with van der Waals surface area (Å²) in [5.74, 6) is -0.371. The quantitative estimate of drug-likeness (QED) is 0.657. The van der Waals surface area contributed by atoms with Crippen molar-refractivity contribution >= 4 is 15.9 Å². The van der Waals surface area contributed by atoms with Crippen LogP contribution in [0.25, 0.3) is 0 Å². The van der Waals surface area contributed by atoms with E-state index in [-0.39, 0.29) is 12.5 Å². The van der Waals surface area contributed by atoms with Crippen molar-refractivity contribution in [3.05, 3.63) is 24.2 Å². The first-order chi connectivity index (χ1) is 9.20. The van der Waals surface area contributed by atoms with Gasteiger partial charge >= 0.3 is 0 Å². The summed E-state index contributed by atoms with van der Waals surface area (Å²) >= 11 is 0. The molecule has 0 spiro atoms. The van der Waals surface area contributed by atoms with Crippen molar-refractivity contribution in [2.24, 2.45) is 5.92 Å². The highest BCUT2D eigenvalue weighted by molar-refractivity contribution is 7.88. The highest BCUT2D eigenvalue weighted by Gasteiger charge is 2.25. The minimum Gasteiger partial charge on any atom is -0.467 e. The van der Waals surface area contributed by atoms with Crippen LogP contribution in [0.2, 0.25) is 0 Å². The van der Waals surface area contributed by atoms with Gasteiger partial charge < -0.3 is 14.8 Å². The molecule has 2 atom stereocenters. The molecule has 0 fully saturated rings. The van der Waals surface area contributed by atoms with Crippen LogP contribution in [0.3, 0.4) is 0 Å². The number of carbonyl (C=O) groups is 1. The van der Waals surface area contributed by atoms with E-state index >= 15 is 0 Å². The molecule has 2 unspecified atom stereocenters. The molecule has 1 heterocycles. The van der Waals surface area contributed by atoms with Crippen molar-refractivity contribution in [1.29, 1.82) is 0 Å². The first kappa shape index (κ1) is 16.7. The predicted octanol–water partition coefficient (Wildman–Crippen LogP) is 0.00300. The van der Waals surface area contributed by atoms with Crippen LogP contribution in [0.4, 0.5) is 0 Å². The smallest absolute Gasteiger partial charge is 0.238 e. The van der Waals surface area contributed by atoms with Gasteiger partial charge in [0, 0.05) is 0 Å². The lowest BCUT2D eigenvalue weighted by Crippen LogP contribution is -2.50. The van der Waals surface area contributed by atoms with Gasteiger partial charge in [0.25, 0.3) is 0 Å². The molecule has 0 aliphatic rings. The molecule has 3 N–H and O–H groups in total. The zero-order chi connectivity index (χ0) is 15.3. The third-order valence-corrected chi connectivity index (χ3v) is 3.31. The summed E-state index contributed by atoms with van der Waals surface area (Å²) in [6.07, 6.45) is 1.44. The van der Waals surface area contributed by atoms with E-state index in [2.05, 4.69) is 10.0 Å². The summed E-state index contributed by atoms with van der Waals surface area (Å²) in [5, 5.41) is 12.3. The van der Waals surface area contributed by atoms with Gasteiger partial charge in [0.2, 0.25) is 15.9 Å². The van der Waals surface area contributed by atoms with E-state index in [4.69, 9.17) is 4.42 Å². The molecule has 0 radical (unpaired) electrons. The molecule has 1 aromatic rings. The highest BCUT2D eigenvalue weighted by Crippen LogP contribution is 2.12. The maximum atomic E-state index is 12.0. The molecular formula is C12H20N2O5S. The highest BCUT2D eigenvalue weighted by atomic mass is 32.2. The summed E-state index contributed by atoms with van der Waals surface area (Å²) in [6.45, 7) is 3.40. The van der Waals surface area contributed by atoms with Gasteiger partial charge in [0.05, 0.1) is 19.1 Å². The number of hydrogen-bond acceptors (Lipinski definition) is 5. The number of aliphatic hydroxyl groups is 1. The van der Waals surface area contributed by atoms with Crippen molar-refractivity contribution < 1.29 is 22.7 Å². The second-order valence-corrected chi connectivity index (χ2v) is 6.67. The molecule has 0 aromatic carbocycles. The summed E-state index contributed by atoms with van der Waals surface area (Å²) in [7, 11) is -3.49. The summed E-state index contributed by atoms with van der Waals surface area (Å²) in [6, 6.07) is 2.34. The average molecular weight is 304 g/mol. The van der Waals surface area contributed by atoms with Gasteiger partial charge in [-0.25, -0.2) is 13.1 Å². The van der Waals surface area contributed by atoms with E-state index in [1.54, 1.807) is 26.0 Å². The second-order valence-electron chi connectivity index (χ2n) is 4.89. The number of hydrogen-bond donors (Lipinski definition) is 3. The van der Waals surface area contributed by atoms with Gasteiger partial charge in [-0.3, -0.25) is 4.79 Å². The first-order valence-electron chi connectivity index (χ1n) is 6.17. The van der Waals surface area contributed by atoms with Gasteiger partial charge in [-0.05, 0) is 18.1 Å². The van der Waals surface area contributed by atoms with E-state index in [1.807, 2.05) is 0 Å². The number of amides is 1. The predicted molar refractivity (Wildman–Crippen MR) is 73.3 cm³/mol. The van der Waals surface area contributed by atoms with Crippen molar-refractivity contribution in [2.75, 3.05) is 12.8 Å². The Bertz CT molecular complexity index is 524. The van der Waals surface area contributed by atoms with Gasteiger partial charge in [-0.2, -0.15) is 0 Å². The molecule has 1 aromatic heterocycles. The zero-order valence-electron chi connectivity index (χ0n) is 11.7. The molecule has 114 valence electrons. The number of sulfonamides is 1. The van der Waals surface area contributed by atoms with Gasteiger partial charge in [-0.15, -0.1) is 0 Å². The topological polar surface area (TPSA) is 109 Å². The van der Waals surface area contributed by atoms with Crippen LogP contribution in [0.15, 0.2) is 22.8 Å². The van der Waals surface area contributed by atoms with Crippen molar-refractivity contribution in [2.45, 2.75) is 26.0 Å². The first-order valence-corrected chi connectivity index (χ1v) is 8.06. The summed E-state index contributed by atoms with van der Waals surface area (Å²) < 4.78 is 29.7. The van der Waals surface area contributed by atoms with Crippen molar-refractivity contribution in [1.82, 2.24) is 10.0 Å². The van der Waals surface area contributed by atoms with E-state index < -0.39 is 28.1 Å². The summed E-state index contributed by atoms with van der Waals surface area (Å²) in [4.78, 5) is 12.0. The standard InChI is InChI=1S/C12H20N2O5S/c1-8(2)11(14-20(3,17)18)12(16)13-7-9(15)10-5-4-6-19-10/h4-6,8-9,11,14-15H,7H2,1-3H3,(H,13,16). The third-order valence-electron chi connectivity index (χ3n) is 2.63. The lowest BCUT2D eigenvalue weighted by molar-refractivity contribution is -0.124. The molecule has 0 aliphatic heterocycles. The number of nitrogens with one attached hydrogen (secondary N) is 2. The minimum absolute atomic E-state index is 0.0546. The molecule has 0 saturated carbocycles. The Balaban J connectivity index is 2.59. The Morgan fingerprint density at radius 2 is 2.10 bits per heavy atom. The fourth-order valence-electron chi connectivity index (χ4n) is 1.61. The Morgan fingerprint density at radius 3 is 2.55 bits per heavy atom. The van der Waals surface area contributed by atoms with Crippen LogP contribution < -0.4 is 10.0 Å². The summed E-state index contributed by atoms with van der Waals surface area (Å²) in [5.41, 5.74) is 0. The van der Waals surface area contributed by atoms with Crippen LogP contribution in [0.5, 0.6) is 0 Å². The Labute approximate surface area is 118 Å². The lowest BCUT2D eigenvalue weighted by Gasteiger charge is -2.21. The van der Waals surface area contributed by atoms with Crippen LogP contribution in [0, 0.1) is 5.92 Å². The molecule has 0 bridgehead atoms. The maximum absolute atomic E-state index is 12.0. The molecule has 1 rings (SSSR count). The largest absolute Gasteiger partial charge is 0.467 e. The third kappa shape index (κ3) is 5.32. The molecule has 20 heavy (non-hydrogen) atoms. The van der Waals surface area contributed by atoms with Crippen LogP contribution in [-0.4, -0.2) is 38.3 Å². The fourth-order valence-corrected chi connectivity index (χ4v) is 2.45. The van der Waals surface area contributed by atoms with Gasteiger partial charge in [0.1, 0.15) is 17.9 Å². The number of rotatable bonds is 7. The minimum atomic E-state index is -3.49. The number of furan rings is 1. The lowest BCUT2D eigenvalue weighted by atomic mass is 10.0. The Hall–Kier alpha value is -1.38. The van der Waals surface area contributed by atoms with Crippen molar-refractivity contribution in [3.8, 4) is 0 Å². The van der Waals surface area contributed by atoms with Crippen LogP contribution in [0.1, 0.15) is 25.7 Å². The Morgan fingerprint density at radius 1 is 1.45 bits per heavy atom. The SMILES string of the molecule is CC(C)C(NS(C)(=O)=O)C(=O)NCC(O)c1ccco1. The molecule has 0 aliphatic carbocycles. The zero-order valence-corrected chi connectivity index (χ0v) is 12.5.